The fourth-order valence-corrected chi connectivity index (χ4v) is 1.62. The van der Waals surface area contributed by atoms with E-state index in [1.165, 1.54) is 6.20 Å². The molecule has 0 saturated heterocycles. The van der Waals surface area contributed by atoms with Crippen molar-refractivity contribution in [3.63, 3.8) is 0 Å². The first-order chi connectivity index (χ1) is 8.81. The van der Waals surface area contributed by atoms with Crippen molar-refractivity contribution in [3.8, 4) is 5.75 Å². The summed E-state index contributed by atoms with van der Waals surface area (Å²) in [4.78, 5) is 15.7. The molecule has 0 atom stereocenters. The van der Waals surface area contributed by atoms with E-state index in [0.717, 1.165) is 11.3 Å². The molecule has 19 heavy (non-hydrogen) atoms. The molecule has 0 saturated carbocycles. The van der Waals surface area contributed by atoms with Crippen LogP contribution in [-0.4, -0.2) is 18.0 Å². The Kier molecular flexibility index (Phi) is 5.82. The average molecular weight is 279 g/mol. The highest BCUT2D eigenvalue weighted by Crippen LogP contribution is 2.16. The molecule has 1 aromatic carbocycles. The summed E-state index contributed by atoms with van der Waals surface area (Å²) in [5.41, 5.74) is 1.49. The molecule has 0 aliphatic rings. The van der Waals surface area contributed by atoms with Crippen LogP contribution < -0.4 is 10.1 Å². The molecule has 0 spiro atoms. The maximum absolute atomic E-state index is 11.8. The van der Waals surface area contributed by atoms with E-state index in [1.54, 1.807) is 25.4 Å². The van der Waals surface area contributed by atoms with E-state index >= 15 is 0 Å². The molecular formula is C14H15ClN2O2. The van der Waals surface area contributed by atoms with E-state index in [-0.39, 0.29) is 18.3 Å². The topological polar surface area (TPSA) is 51.2 Å². The van der Waals surface area contributed by atoms with Gasteiger partial charge in [-0.15, -0.1) is 12.4 Å². The number of hydrogen-bond donors (Lipinski definition) is 1. The summed E-state index contributed by atoms with van der Waals surface area (Å²) in [5, 5.41) is 2.83. The Balaban J connectivity index is 0.00000180. The van der Waals surface area contributed by atoms with Gasteiger partial charge in [0, 0.05) is 24.5 Å². The Morgan fingerprint density at radius 2 is 2.05 bits per heavy atom. The van der Waals surface area contributed by atoms with Gasteiger partial charge < -0.3 is 10.1 Å². The first-order valence-electron chi connectivity index (χ1n) is 5.61. The van der Waals surface area contributed by atoms with Gasteiger partial charge in [-0.1, -0.05) is 18.2 Å². The van der Waals surface area contributed by atoms with Gasteiger partial charge in [0.05, 0.1) is 12.7 Å². The quantitative estimate of drug-likeness (QED) is 0.935. The standard InChI is InChI=1S/C14H14N2O2.ClH/c1-18-13-7-3-2-5-11(13)10-16-14(17)12-6-4-8-15-9-12;/h2-9H,10H2,1H3,(H,16,17);1H. The molecule has 4 nitrogen and oxygen atoms in total. The van der Waals surface area contributed by atoms with Crippen molar-refractivity contribution in [2.75, 3.05) is 7.11 Å². The van der Waals surface area contributed by atoms with Crippen LogP contribution in [0.25, 0.3) is 0 Å². The SMILES string of the molecule is COc1ccccc1CNC(=O)c1cccnc1.Cl. The molecule has 0 aliphatic heterocycles. The lowest BCUT2D eigenvalue weighted by Crippen LogP contribution is -2.23. The van der Waals surface area contributed by atoms with Crippen LogP contribution in [0.3, 0.4) is 0 Å². The third kappa shape index (κ3) is 3.96. The van der Waals surface area contributed by atoms with Crippen LogP contribution in [0, 0.1) is 0 Å². The fourth-order valence-electron chi connectivity index (χ4n) is 1.62. The third-order valence-corrected chi connectivity index (χ3v) is 2.56. The summed E-state index contributed by atoms with van der Waals surface area (Å²) < 4.78 is 5.22. The number of amides is 1. The number of carbonyl (C=O) groups excluding carboxylic acids is 1. The van der Waals surface area contributed by atoms with E-state index in [0.29, 0.717) is 12.1 Å². The Morgan fingerprint density at radius 1 is 1.26 bits per heavy atom. The summed E-state index contributed by atoms with van der Waals surface area (Å²) in [6.45, 7) is 0.428. The number of methoxy groups -OCH3 is 1. The van der Waals surface area contributed by atoms with Gasteiger partial charge in [-0.3, -0.25) is 9.78 Å². The molecular weight excluding hydrogens is 264 g/mol. The lowest BCUT2D eigenvalue weighted by atomic mass is 10.2. The number of halogens is 1. The van der Waals surface area contributed by atoms with Crippen LogP contribution >= 0.6 is 12.4 Å². The molecule has 1 heterocycles. The van der Waals surface area contributed by atoms with Crippen molar-refractivity contribution >= 4 is 18.3 Å². The number of nitrogens with one attached hydrogen (secondary N) is 1. The van der Waals surface area contributed by atoms with Gasteiger partial charge >= 0.3 is 0 Å². The molecule has 0 aliphatic carbocycles. The molecule has 100 valence electrons. The summed E-state index contributed by atoms with van der Waals surface area (Å²) in [5.74, 6) is 0.623. The normalized spacial score (nSPS) is 9.32. The highest BCUT2D eigenvalue weighted by molar-refractivity contribution is 5.93. The number of nitrogens with zero attached hydrogens (tertiary/aromatic N) is 1. The van der Waals surface area contributed by atoms with Crippen molar-refractivity contribution < 1.29 is 9.53 Å². The summed E-state index contributed by atoms with van der Waals surface area (Å²) in [6, 6.07) is 11.1. The molecule has 0 fully saturated rings. The number of rotatable bonds is 4. The number of carbonyl (C=O) groups is 1. The Labute approximate surface area is 118 Å². The van der Waals surface area contributed by atoms with E-state index in [1.807, 2.05) is 24.3 Å². The van der Waals surface area contributed by atoms with Gasteiger partial charge in [0.2, 0.25) is 0 Å². The second kappa shape index (κ2) is 7.38. The maximum Gasteiger partial charge on any atom is 0.253 e. The van der Waals surface area contributed by atoms with Crippen molar-refractivity contribution in [2.24, 2.45) is 0 Å². The highest BCUT2D eigenvalue weighted by atomic mass is 35.5. The minimum Gasteiger partial charge on any atom is -0.496 e. The molecule has 5 heteroatoms. The molecule has 2 rings (SSSR count). The average Bonchev–Trinajstić information content (AvgIpc) is 2.46. The molecule has 1 amide bonds. The molecule has 1 aromatic heterocycles. The van der Waals surface area contributed by atoms with E-state index < -0.39 is 0 Å². The zero-order chi connectivity index (χ0) is 12.8. The predicted molar refractivity (Wildman–Crippen MR) is 75.6 cm³/mol. The smallest absolute Gasteiger partial charge is 0.253 e. The zero-order valence-corrected chi connectivity index (χ0v) is 11.3. The maximum atomic E-state index is 11.8. The zero-order valence-electron chi connectivity index (χ0n) is 10.5. The molecule has 1 N–H and O–H groups in total. The van der Waals surface area contributed by atoms with Crippen LogP contribution in [0.5, 0.6) is 5.75 Å². The lowest BCUT2D eigenvalue weighted by Gasteiger charge is -2.09. The first-order valence-corrected chi connectivity index (χ1v) is 5.61. The number of para-hydroxylation sites is 1. The van der Waals surface area contributed by atoms with E-state index in [2.05, 4.69) is 10.3 Å². The Morgan fingerprint density at radius 3 is 2.74 bits per heavy atom. The first kappa shape index (κ1) is 15.0. The lowest BCUT2D eigenvalue weighted by molar-refractivity contribution is 0.0950. The van der Waals surface area contributed by atoms with Crippen LogP contribution in [0.4, 0.5) is 0 Å². The number of aromatic nitrogens is 1. The molecule has 0 bridgehead atoms. The van der Waals surface area contributed by atoms with Crippen LogP contribution in [-0.2, 0) is 6.54 Å². The minimum absolute atomic E-state index is 0. The highest BCUT2D eigenvalue weighted by Gasteiger charge is 2.06. The second-order valence-corrected chi connectivity index (χ2v) is 3.74. The number of hydrogen-bond acceptors (Lipinski definition) is 3. The predicted octanol–water partition coefficient (Wildman–Crippen LogP) is 2.44. The molecule has 0 radical (unpaired) electrons. The summed E-state index contributed by atoms with van der Waals surface area (Å²) in [6.07, 6.45) is 3.18. The van der Waals surface area contributed by atoms with E-state index in [9.17, 15) is 4.79 Å². The Bertz CT molecular complexity index is 532. The van der Waals surface area contributed by atoms with Gasteiger partial charge in [0.25, 0.3) is 5.91 Å². The van der Waals surface area contributed by atoms with Crippen molar-refractivity contribution in [3.05, 3.63) is 59.9 Å². The van der Waals surface area contributed by atoms with Gasteiger partial charge in [-0.2, -0.15) is 0 Å². The van der Waals surface area contributed by atoms with Crippen LogP contribution in [0.1, 0.15) is 15.9 Å². The van der Waals surface area contributed by atoms with E-state index in [4.69, 9.17) is 4.74 Å². The van der Waals surface area contributed by atoms with Crippen LogP contribution in [0.2, 0.25) is 0 Å². The Hall–Kier alpha value is -2.07. The number of benzene rings is 1. The fraction of sp³-hybridized carbons (Fsp3) is 0.143. The number of pyridine rings is 1. The van der Waals surface area contributed by atoms with Crippen molar-refractivity contribution in [1.29, 1.82) is 0 Å². The van der Waals surface area contributed by atoms with Gasteiger partial charge in [0.15, 0.2) is 0 Å². The largest absolute Gasteiger partial charge is 0.496 e. The van der Waals surface area contributed by atoms with Crippen molar-refractivity contribution in [1.82, 2.24) is 10.3 Å². The van der Waals surface area contributed by atoms with Gasteiger partial charge in [0.1, 0.15) is 5.75 Å². The van der Waals surface area contributed by atoms with Crippen molar-refractivity contribution in [2.45, 2.75) is 6.54 Å². The van der Waals surface area contributed by atoms with Gasteiger partial charge in [-0.25, -0.2) is 0 Å². The van der Waals surface area contributed by atoms with Crippen LogP contribution in [0.15, 0.2) is 48.8 Å². The molecule has 2 aromatic rings. The number of ether oxygens (including phenoxy) is 1. The van der Waals surface area contributed by atoms with Gasteiger partial charge in [-0.05, 0) is 18.2 Å². The summed E-state index contributed by atoms with van der Waals surface area (Å²) >= 11 is 0. The molecule has 0 unspecified atom stereocenters. The monoisotopic (exact) mass is 278 g/mol. The third-order valence-electron chi connectivity index (χ3n) is 2.56. The second-order valence-electron chi connectivity index (χ2n) is 3.74. The summed E-state index contributed by atoms with van der Waals surface area (Å²) in [7, 11) is 1.61. The minimum atomic E-state index is -0.144.